The Morgan fingerprint density at radius 1 is 0.939 bits per heavy atom. The van der Waals surface area contributed by atoms with Gasteiger partial charge in [0.1, 0.15) is 6.61 Å². The summed E-state index contributed by atoms with van der Waals surface area (Å²) in [7, 11) is 0. The van der Waals surface area contributed by atoms with Crippen LogP contribution in [0.4, 0.5) is 4.79 Å². The molecule has 0 heterocycles. The fourth-order valence-electron chi connectivity index (χ4n) is 4.09. The van der Waals surface area contributed by atoms with Crippen molar-refractivity contribution < 1.29 is 14.3 Å². The predicted octanol–water partition coefficient (Wildman–Crippen LogP) is 6.40. The molecule has 1 aliphatic carbocycles. The monoisotopic (exact) mass is 441 g/mol. The number of rotatable bonds is 8. The number of hydrogen-bond donors (Lipinski definition) is 1. The van der Waals surface area contributed by atoms with Gasteiger partial charge in [-0.25, -0.2) is 4.79 Å². The van der Waals surface area contributed by atoms with Crippen LogP contribution in [0.25, 0.3) is 11.6 Å². The zero-order valence-electron chi connectivity index (χ0n) is 19.1. The van der Waals surface area contributed by atoms with E-state index >= 15 is 0 Å². The molecule has 2 atom stereocenters. The zero-order valence-corrected chi connectivity index (χ0v) is 19.1. The number of aryl methyl sites for hydroxylation is 1. The Balaban J connectivity index is 1.30. The SMILES string of the molecule is Cc1ccc(C(=Cc2ccccc2)COC2CCC(NC(=O)OCc3ccccc3)C2)cc1. The number of nitrogens with one attached hydrogen (secondary N) is 1. The van der Waals surface area contributed by atoms with Gasteiger partial charge in [0.25, 0.3) is 0 Å². The van der Waals surface area contributed by atoms with E-state index in [2.05, 4.69) is 54.7 Å². The maximum absolute atomic E-state index is 12.2. The molecule has 4 nitrogen and oxygen atoms in total. The highest BCUT2D eigenvalue weighted by molar-refractivity contribution is 5.82. The molecule has 3 aromatic carbocycles. The molecule has 2 unspecified atom stereocenters. The van der Waals surface area contributed by atoms with Gasteiger partial charge in [-0.3, -0.25) is 0 Å². The Morgan fingerprint density at radius 2 is 1.64 bits per heavy atom. The lowest BCUT2D eigenvalue weighted by molar-refractivity contribution is 0.0814. The predicted molar refractivity (Wildman–Crippen MR) is 133 cm³/mol. The second kappa shape index (κ2) is 11.5. The van der Waals surface area contributed by atoms with Gasteiger partial charge in [0.2, 0.25) is 0 Å². The molecular formula is C29H31NO3. The largest absolute Gasteiger partial charge is 0.445 e. The van der Waals surface area contributed by atoms with Gasteiger partial charge in [0.05, 0.1) is 12.7 Å². The first kappa shape index (κ1) is 22.8. The molecule has 1 N–H and O–H groups in total. The maximum atomic E-state index is 12.2. The minimum Gasteiger partial charge on any atom is -0.445 e. The van der Waals surface area contributed by atoms with Crippen molar-refractivity contribution in [2.75, 3.05) is 6.61 Å². The summed E-state index contributed by atoms with van der Waals surface area (Å²) in [5.74, 6) is 0. The Hall–Kier alpha value is -3.37. The van der Waals surface area contributed by atoms with Gasteiger partial charge in [-0.15, -0.1) is 0 Å². The van der Waals surface area contributed by atoms with Gasteiger partial charge < -0.3 is 14.8 Å². The van der Waals surface area contributed by atoms with Crippen LogP contribution in [0.15, 0.2) is 84.9 Å². The highest BCUT2D eigenvalue weighted by Crippen LogP contribution is 2.26. The minimum atomic E-state index is -0.367. The number of carbonyl (C=O) groups excluding carboxylic acids is 1. The molecule has 170 valence electrons. The van der Waals surface area contributed by atoms with E-state index in [1.54, 1.807) is 0 Å². The fourth-order valence-corrected chi connectivity index (χ4v) is 4.09. The molecule has 0 aliphatic heterocycles. The lowest BCUT2D eigenvalue weighted by Crippen LogP contribution is -2.33. The Kier molecular flexibility index (Phi) is 7.94. The second-order valence-electron chi connectivity index (χ2n) is 8.60. The van der Waals surface area contributed by atoms with E-state index in [1.807, 2.05) is 48.5 Å². The van der Waals surface area contributed by atoms with E-state index in [1.165, 1.54) is 11.1 Å². The molecule has 4 rings (SSSR count). The average Bonchev–Trinajstić information content (AvgIpc) is 3.29. The topological polar surface area (TPSA) is 47.6 Å². The van der Waals surface area contributed by atoms with E-state index < -0.39 is 0 Å². The summed E-state index contributed by atoms with van der Waals surface area (Å²) < 4.78 is 11.7. The third kappa shape index (κ3) is 7.06. The molecule has 0 radical (unpaired) electrons. The van der Waals surface area contributed by atoms with Crippen molar-refractivity contribution in [3.63, 3.8) is 0 Å². The third-order valence-electron chi connectivity index (χ3n) is 5.96. The van der Waals surface area contributed by atoms with E-state index in [0.717, 1.165) is 36.0 Å². The van der Waals surface area contributed by atoms with Crippen molar-refractivity contribution in [1.82, 2.24) is 5.32 Å². The Morgan fingerprint density at radius 3 is 2.36 bits per heavy atom. The maximum Gasteiger partial charge on any atom is 0.407 e. The van der Waals surface area contributed by atoms with Crippen LogP contribution in [-0.4, -0.2) is 24.8 Å². The molecule has 1 saturated carbocycles. The van der Waals surface area contributed by atoms with Crippen molar-refractivity contribution in [3.8, 4) is 0 Å². The van der Waals surface area contributed by atoms with Gasteiger partial charge in [-0.05, 0) is 54.5 Å². The second-order valence-corrected chi connectivity index (χ2v) is 8.60. The molecule has 0 spiro atoms. The van der Waals surface area contributed by atoms with Gasteiger partial charge in [0, 0.05) is 6.04 Å². The molecular weight excluding hydrogens is 410 g/mol. The van der Waals surface area contributed by atoms with Crippen LogP contribution in [-0.2, 0) is 16.1 Å². The van der Waals surface area contributed by atoms with Crippen LogP contribution in [0.1, 0.15) is 41.5 Å². The molecule has 1 amide bonds. The summed E-state index contributed by atoms with van der Waals surface area (Å²) in [6.07, 6.45) is 4.56. The molecule has 0 aromatic heterocycles. The van der Waals surface area contributed by atoms with Crippen molar-refractivity contribution in [2.24, 2.45) is 0 Å². The first-order valence-electron chi connectivity index (χ1n) is 11.6. The van der Waals surface area contributed by atoms with E-state index in [-0.39, 0.29) is 24.8 Å². The third-order valence-corrected chi connectivity index (χ3v) is 5.96. The standard InChI is InChI=1S/C29H31NO3/c1-22-12-14-25(15-13-22)26(18-23-8-4-2-5-9-23)21-32-28-17-16-27(19-28)30-29(31)33-20-24-10-6-3-7-11-24/h2-15,18,27-28H,16-17,19-21H2,1H3,(H,30,31). The minimum absolute atomic E-state index is 0.0826. The quantitative estimate of drug-likeness (QED) is 0.412. The van der Waals surface area contributed by atoms with E-state index in [9.17, 15) is 4.79 Å². The van der Waals surface area contributed by atoms with Crippen LogP contribution < -0.4 is 5.32 Å². The summed E-state index contributed by atoms with van der Waals surface area (Å²) in [5.41, 5.74) is 5.70. The van der Waals surface area contributed by atoms with Crippen LogP contribution in [0, 0.1) is 6.92 Å². The molecule has 1 aliphatic rings. The van der Waals surface area contributed by atoms with Crippen LogP contribution >= 0.6 is 0 Å². The summed E-state index contributed by atoms with van der Waals surface area (Å²) in [5, 5.41) is 2.99. The smallest absolute Gasteiger partial charge is 0.407 e. The number of ether oxygens (including phenoxy) is 2. The van der Waals surface area contributed by atoms with Gasteiger partial charge >= 0.3 is 6.09 Å². The summed E-state index contributed by atoms with van der Waals surface area (Å²) in [6, 6.07) is 28.7. The Labute approximate surface area is 196 Å². The van der Waals surface area contributed by atoms with Gasteiger partial charge in [-0.2, -0.15) is 0 Å². The van der Waals surface area contributed by atoms with E-state index in [0.29, 0.717) is 6.61 Å². The number of amides is 1. The molecule has 0 bridgehead atoms. The molecule has 3 aromatic rings. The summed E-state index contributed by atoms with van der Waals surface area (Å²) in [6.45, 7) is 2.91. The first-order valence-corrected chi connectivity index (χ1v) is 11.6. The highest BCUT2D eigenvalue weighted by Gasteiger charge is 2.27. The lowest BCUT2D eigenvalue weighted by atomic mass is 10.0. The summed E-state index contributed by atoms with van der Waals surface area (Å²) in [4.78, 5) is 12.2. The molecule has 0 saturated heterocycles. The van der Waals surface area contributed by atoms with Crippen molar-refractivity contribution in [3.05, 3.63) is 107 Å². The molecule has 1 fully saturated rings. The van der Waals surface area contributed by atoms with Crippen molar-refractivity contribution >= 4 is 17.7 Å². The molecule has 4 heteroatoms. The normalized spacial score (nSPS) is 18.2. The van der Waals surface area contributed by atoms with Crippen LogP contribution in [0.2, 0.25) is 0 Å². The number of alkyl carbamates (subject to hydrolysis) is 1. The highest BCUT2D eigenvalue weighted by atomic mass is 16.5. The Bertz CT molecular complexity index is 1050. The van der Waals surface area contributed by atoms with Crippen LogP contribution in [0.3, 0.4) is 0 Å². The summed E-state index contributed by atoms with van der Waals surface area (Å²) >= 11 is 0. The lowest BCUT2D eigenvalue weighted by Gasteiger charge is -2.16. The zero-order chi connectivity index (χ0) is 22.9. The van der Waals surface area contributed by atoms with Crippen LogP contribution in [0.5, 0.6) is 0 Å². The van der Waals surface area contributed by atoms with E-state index in [4.69, 9.17) is 9.47 Å². The molecule has 33 heavy (non-hydrogen) atoms. The van der Waals surface area contributed by atoms with Crippen molar-refractivity contribution in [2.45, 2.75) is 44.9 Å². The number of hydrogen-bond acceptors (Lipinski definition) is 3. The number of benzene rings is 3. The average molecular weight is 442 g/mol. The van der Waals surface area contributed by atoms with Gasteiger partial charge in [0.15, 0.2) is 0 Å². The van der Waals surface area contributed by atoms with Crippen molar-refractivity contribution in [1.29, 1.82) is 0 Å². The first-order chi connectivity index (χ1) is 16.2. The number of carbonyl (C=O) groups is 1. The van der Waals surface area contributed by atoms with Gasteiger partial charge in [-0.1, -0.05) is 90.5 Å². The fraction of sp³-hybridized carbons (Fsp3) is 0.276.